The average Bonchev–Trinajstić information content (AvgIpc) is 2.16. The molecule has 0 aromatic carbocycles. The van der Waals surface area contributed by atoms with Gasteiger partial charge in [0.2, 0.25) is 6.08 Å². The minimum atomic E-state index is -0.551. The van der Waals surface area contributed by atoms with Gasteiger partial charge in [0.1, 0.15) is 0 Å². The molecule has 0 aliphatic rings. The minimum Gasteiger partial charge on any atom is -0.462 e. The van der Waals surface area contributed by atoms with Gasteiger partial charge >= 0.3 is 5.97 Å². The van der Waals surface area contributed by atoms with E-state index in [1.807, 2.05) is 0 Å². The Balaban J connectivity index is 3.77. The number of rotatable bonds is 6. The molecular weight excluding hydrogens is 186 g/mol. The van der Waals surface area contributed by atoms with Crippen LogP contribution in [0.1, 0.15) is 13.3 Å². The van der Waals surface area contributed by atoms with Crippen molar-refractivity contribution in [2.24, 2.45) is 4.99 Å². The number of nitrogens with zero attached hydrogens (tertiary/aromatic N) is 1. The van der Waals surface area contributed by atoms with E-state index in [9.17, 15) is 9.59 Å². The molecule has 0 saturated heterocycles. The molecule has 78 valence electrons. The van der Waals surface area contributed by atoms with Crippen LogP contribution in [0.15, 0.2) is 17.1 Å². The highest BCUT2D eigenvalue weighted by atomic mass is 16.5. The van der Waals surface area contributed by atoms with Gasteiger partial charge in [0.05, 0.1) is 19.3 Å². The minimum absolute atomic E-state index is 0.0993. The largest absolute Gasteiger partial charge is 0.462 e. The van der Waals surface area contributed by atoms with Gasteiger partial charge in [-0.15, -0.1) is 0 Å². The highest BCUT2D eigenvalue weighted by Gasteiger charge is 2.07. The summed E-state index contributed by atoms with van der Waals surface area (Å²) in [4.78, 5) is 24.0. The maximum Gasteiger partial charge on any atom is 0.333 e. The summed E-state index contributed by atoms with van der Waals surface area (Å²) in [6.07, 6.45) is 1.63. The normalized spacial score (nSPS) is 11.3. The number of carbonyl (C=O) groups is 1. The van der Waals surface area contributed by atoms with Gasteiger partial charge in [-0.2, -0.15) is 4.99 Å². The summed E-state index contributed by atoms with van der Waals surface area (Å²) >= 11 is 0. The van der Waals surface area contributed by atoms with Crippen molar-refractivity contribution in [1.29, 1.82) is 0 Å². The lowest BCUT2D eigenvalue weighted by molar-refractivity contribution is -0.139. The predicted molar refractivity (Wildman–Crippen MR) is 49.4 cm³/mol. The first-order valence-electron chi connectivity index (χ1n) is 4.12. The second-order valence-corrected chi connectivity index (χ2v) is 2.76. The van der Waals surface area contributed by atoms with E-state index >= 15 is 0 Å². The Hall–Kier alpha value is -1.45. The van der Waals surface area contributed by atoms with Crippen LogP contribution in [0.5, 0.6) is 0 Å². The highest BCUT2D eigenvalue weighted by molar-refractivity contribution is 5.86. The fourth-order valence-electron chi connectivity index (χ4n) is 0.682. The van der Waals surface area contributed by atoms with Crippen molar-refractivity contribution in [2.75, 3.05) is 13.2 Å². The Bertz CT molecular complexity index is 256. The lowest BCUT2D eigenvalue weighted by atomic mass is 10.2. The van der Waals surface area contributed by atoms with E-state index in [4.69, 9.17) is 9.84 Å². The molecule has 5 heteroatoms. The number of hydrogen-bond donors (Lipinski definition) is 1. The van der Waals surface area contributed by atoms with Crippen LogP contribution in [0.4, 0.5) is 0 Å². The van der Waals surface area contributed by atoms with Gasteiger partial charge < -0.3 is 9.84 Å². The molecule has 0 rings (SSSR count). The monoisotopic (exact) mass is 199 g/mol. The Morgan fingerprint density at radius 3 is 2.79 bits per heavy atom. The number of carbonyl (C=O) groups excluding carboxylic acids is 2. The molecule has 0 amide bonds. The van der Waals surface area contributed by atoms with Crippen LogP contribution in [0.3, 0.4) is 0 Å². The zero-order chi connectivity index (χ0) is 11.0. The van der Waals surface area contributed by atoms with Gasteiger partial charge in [-0.25, -0.2) is 9.59 Å². The molecule has 1 N–H and O–H groups in total. The molecule has 1 unspecified atom stereocenters. The summed E-state index contributed by atoms with van der Waals surface area (Å²) in [6.45, 7) is 4.77. The second kappa shape index (κ2) is 7.00. The van der Waals surface area contributed by atoms with Crippen molar-refractivity contribution in [2.45, 2.75) is 19.4 Å². The number of isocyanates is 1. The van der Waals surface area contributed by atoms with Crippen molar-refractivity contribution < 1.29 is 19.4 Å². The number of hydrogen-bond acceptors (Lipinski definition) is 5. The molecule has 5 nitrogen and oxygen atoms in total. The van der Waals surface area contributed by atoms with E-state index in [1.54, 1.807) is 0 Å². The average molecular weight is 199 g/mol. The number of aliphatic hydroxyl groups excluding tert-OH is 1. The van der Waals surface area contributed by atoms with Crippen LogP contribution in [0, 0.1) is 0 Å². The van der Waals surface area contributed by atoms with E-state index < -0.39 is 12.0 Å². The van der Waals surface area contributed by atoms with E-state index in [2.05, 4.69) is 11.6 Å². The van der Waals surface area contributed by atoms with Gasteiger partial charge in [-0.1, -0.05) is 6.58 Å². The molecule has 0 aromatic heterocycles. The van der Waals surface area contributed by atoms with E-state index in [-0.39, 0.29) is 13.2 Å². The van der Waals surface area contributed by atoms with Crippen molar-refractivity contribution >= 4 is 12.0 Å². The molecule has 0 radical (unpaired) electrons. The molecule has 0 aliphatic heterocycles. The van der Waals surface area contributed by atoms with Crippen molar-refractivity contribution in [1.82, 2.24) is 0 Å². The Labute approximate surface area is 82.1 Å². The van der Waals surface area contributed by atoms with Gasteiger partial charge in [0.15, 0.2) is 0 Å². The summed E-state index contributed by atoms with van der Waals surface area (Å²) < 4.78 is 4.74. The van der Waals surface area contributed by atoms with Crippen LogP contribution in [0.2, 0.25) is 0 Å². The number of esters is 1. The fraction of sp³-hybridized carbons (Fsp3) is 0.556. The molecule has 0 aliphatic carbocycles. The van der Waals surface area contributed by atoms with Gasteiger partial charge in [0.25, 0.3) is 0 Å². The summed E-state index contributed by atoms with van der Waals surface area (Å²) in [5.74, 6) is -0.489. The molecule has 0 bridgehead atoms. The smallest absolute Gasteiger partial charge is 0.333 e. The fourth-order valence-corrected chi connectivity index (χ4v) is 0.682. The van der Waals surface area contributed by atoms with Crippen molar-refractivity contribution in [3.8, 4) is 0 Å². The predicted octanol–water partition coefficient (Wildman–Crippen LogP) is 0.192. The molecule has 0 saturated carbocycles. The van der Waals surface area contributed by atoms with E-state index in [0.29, 0.717) is 12.0 Å². The van der Waals surface area contributed by atoms with Crippen molar-refractivity contribution in [3.05, 3.63) is 12.2 Å². The maximum atomic E-state index is 10.9. The van der Waals surface area contributed by atoms with Gasteiger partial charge in [0, 0.05) is 12.0 Å². The second-order valence-electron chi connectivity index (χ2n) is 2.76. The number of aliphatic imine (C=N–C) groups is 1. The summed E-state index contributed by atoms with van der Waals surface area (Å²) in [5.41, 5.74) is 0.310. The molecular formula is C9H13NO4. The van der Waals surface area contributed by atoms with Crippen LogP contribution < -0.4 is 0 Å². The third-order valence-corrected chi connectivity index (χ3v) is 1.48. The van der Waals surface area contributed by atoms with E-state index in [0.717, 1.165) is 0 Å². The molecule has 1 atom stereocenters. The number of aliphatic hydroxyl groups is 1. The zero-order valence-corrected chi connectivity index (χ0v) is 8.02. The van der Waals surface area contributed by atoms with Crippen LogP contribution in [0.25, 0.3) is 0 Å². The Morgan fingerprint density at radius 2 is 2.36 bits per heavy atom. The Morgan fingerprint density at radius 1 is 1.71 bits per heavy atom. The molecule has 0 fully saturated rings. The zero-order valence-electron chi connectivity index (χ0n) is 8.02. The van der Waals surface area contributed by atoms with Crippen molar-refractivity contribution in [3.63, 3.8) is 0 Å². The molecule has 0 heterocycles. The van der Waals surface area contributed by atoms with Gasteiger partial charge in [-0.05, 0) is 6.92 Å². The third-order valence-electron chi connectivity index (χ3n) is 1.48. The molecule has 0 spiro atoms. The summed E-state index contributed by atoms with van der Waals surface area (Å²) in [7, 11) is 0. The lowest BCUT2D eigenvalue weighted by Gasteiger charge is -2.07. The first kappa shape index (κ1) is 12.6. The number of ether oxygens (including phenoxy) is 1. The van der Waals surface area contributed by atoms with Crippen LogP contribution in [-0.2, 0) is 14.3 Å². The Kier molecular flexibility index (Phi) is 6.28. The summed E-state index contributed by atoms with van der Waals surface area (Å²) in [6, 6.07) is -0.551. The quantitative estimate of drug-likeness (QED) is 0.287. The maximum absolute atomic E-state index is 10.9. The molecule has 14 heavy (non-hydrogen) atoms. The van der Waals surface area contributed by atoms with Crippen LogP contribution in [-0.4, -0.2) is 36.4 Å². The topological polar surface area (TPSA) is 76.0 Å². The lowest BCUT2D eigenvalue weighted by Crippen LogP contribution is -2.15. The SMILES string of the molecule is C=C(C)C(=O)OCCC(CO)N=C=O. The van der Waals surface area contributed by atoms with E-state index in [1.165, 1.54) is 13.0 Å². The first-order chi connectivity index (χ1) is 6.61. The highest BCUT2D eigenvalue weighted by Crippen LogP contribution is 1.99. The standard InChI is InChI=1S/C9H13NO4/c1-7(2)9(13)14-4-3-8(5-11)10-6-12/h8,11H,1,3-5H2,2H3. The summed E-state index contributed by atoms with van der Waals surface area (Å²) in [5, 5.41) is 8.70. The van der Waals surface area contributed by atoms with Crippen LogP contribution >= 0.6 is 0 Å². The van der Waals surface area contributed by atoms with Gasteiger partial charge in [-0.3, -0.25) is 0 Å². The third kappa shape index (κ3) is 5.24. The molecule has 0 aromatic rings. The first-order valence-corrected chi connectivity index (χ1v) is 4.12.